The Morgan fingerprint density at radius 2 is 1.93 bits per heavy atom. The molecule has 2 aromatic carbocycles. The number of methoxy groups -OCH3 is 1. The van der Waals surface area contributed by atoms with Gasteiger partial charge in [-0.2, -0.15) is 0 Å². The number of aryl methyl sites for hydroxylation is 2. The van der Waals surface area contributed by atoms with Crippen molar-refractivity contribution in [1.29, 1.82) is 0 Å². The van der Waals surface area contributed by atoms with E-state index in [2.05, 4.69) is 15.6 Å². The Bertz CT molecular complexity index is 897. The lowest BCUT2D eigenvalue weighted by molar-refractivity contribution is 0.252. The number of carbonyl (C=O) groups excluding carboxylic acids is 1. The zero-order valence-electron chi connectivity index (χ0n) is 15.7. The van der Waals surface area contributed by atoms with Crippen molar-refractivity contribution in [2.75, 3.05) is 19.0 Å². The van der Waals surface area contributed by atoms with Crippen LogP contribution in [0, 0.1) is 13.8 Å². The van der Waals surface area contributed by atoms with E-state index in [-0.39, 0.29) is 6.03 Å². The number of nitrogens with zero attached hydrogens (tertiary/aromatic N) is 1. The first-order chi connectivity index (χ1) is 13.0. The fraction of sp³-hybridized carbons (Fsp3) is 0.238. The van der Waals surface area contributed by atoms with Crippen LogP contribution in [0.2, 0.25) is 0 Å². The average Bonchev–Trinajstić information content (AvgIpc) is 3.01. The first-order valence-corrected chi connectivity index (χ1v) is 8.77. The van der Waals surface area contributed by atoms with Gasteiger partial charge < -0.3 is 19.8 Å². The number of benzene rings is 2. The van der Waals surface area contributed by atoms with Gasteiger partial charge >= 0.3 is 6.03 Å². The van der Waals surface area contributed by atoms with E-state index in [0.717, 1.165) is 34.8 Å². The number of hydrogen-bond donors (Lipinski definition) is 2. The third kappa shape index (κ3) is 4.88. The molecular formula is C21H23N3O3. The number of rotatable bonds is 6. The summed E-state index contributed by atoms with van der Waals surface area (Å²) >= 11 is 0. The first-order valence-electron chi connectivity index (χ1n) is 8.77. The van der Waals surface area contributed by atoms with E-state index < -0.39 is 0 Å². The standard InChI is InChI=1S/C21H23N3O3/c1-14-15(2)27-20(23-14)17-5-4-6-18(13-17)24-21(25)22-12-11-16-7-9-19(26-3)10-8-16/h4-10,13H,11-12H2,1-3H3,(H2,22,24,25). The van der Waals surface area contributed by atoms with Crippen molar-refractivity contribution in [2.24, 2.45) is 0 Å². The van der Waals surface area contributed by atoms with Gasteiger partial charge in [-0.1, -0.05) is 18.2 Å². The van der Waals surface area contributed by atoms with Gasteiger partial charge in [0.25, 0.3) is 0 Å². The third-order valence-corrected chi connectivity index (χ3v) is 4.25. The molecule has 0 bridgehead atoms. The van der Waals surface area contributed by atoms with Crippen LogP contribution in [0.3, 0.4) is 0 Å². The topological polar surface area (TPSA) is 76.4 Å². The predicted octanol–water partition coefficient (Wildman–Crippen LogP) is 4.33. The number of anilines is 1. The van der Waals surface area contributed by atoms with Crippen molar-refractivity contribution in [3.63, 3.8) is 0 Å². The van der Waals surface area contributed by atoms with E-state index in [9.17, 15) is 4.79 Å². The molecule has 2 amide bonds. The molecule has 0 atom stereocenters. The summed E-state index contributed by atoms with van der Waals surface area (Å²) in [5.74, 6) is 2.16. The van der Waals surface area contributed by atoms with Crippen LogP contribution in [0.25, 0.3) is 11.5 Å². The molecule has 2 N–H and O–H groups in total. The number of carbonyl (C=O) groups is 1. The molecule has 6 nitrogen and oxygen atoms in total. The van der Waals surface area contributed by atoms with Gasteiger partial charge in [-0.3, -0.25) is 0 Å². The van der Waals surface area contributed by atoms with Crippen LogP contribution >= 0.6 is 0 Å². The maximum absolute atomic E-state index is 12.1. The molecule has 0 radical (unpaired) electrons. The molecule has 0 spiro atoms. The number of urea groups is 1. The number of oxazole rings is 1. The lowest BCUT2D eigenvalue weighted by Gasteiger charge is -2.09. The van der Waals surface area contributed by atoms with Crippen LogP contribution in [0.1, 0.15) is 17.0 Å². The second-order valence-electron chi connectivity index (χ2n) is 6.22. The molecular weight excluding hydrogens is 342 g/mol. The summed E-state index contributed by atoms with van der Waals surface area (Å²) in [6.07, 6.45) is 0.742. The third-order valence-electron chi connectivity index (χ3n) is 4.25. The second-order valence-corrected chi connectivity index (χ2v) is 6.22. The van der Waals surface area contributed by atoms with E-state index in [1.807, 2.05) is 62.4 Å². The van der Waals surface area contributed by atoms with Crippen molar-refractivity contribution in [1.82, 2.24) is 10.3 Å². The lowest BCUT2D eigenvalue weighted by Crippen LogP contribution is -2.30. The Kier molecular flexibility index (Phi) is 5.76. The van der Waals surface area contributed by atoms with Gasteiger partial charge in [0.2, 0.25) is 5.89 Å². The Morgan fingerprint density at radius 3 is 2.59 bits per heavy atom. The molecule has 0 unspecified atom stereocenters. The number of nitrogens with one attached hydrogen (secondary N) is 2. The van der Waals surface area contributed by atoms with Crippen LogP contribution in [0.4, 0.5) is 10.5 Å². The smallest absolute Gasteiger partial charge is 0.319 e. The molecule has 0 saturated heterocycles. The van der Waals surface area contributed by atoms with Gasteiger partial charge in [-0.05, 0) is 56.2 Å². The predicted molar refractivity (Wildman–Crippen MR) is 105 cm³/mol. The van der Waals surface area contributed by atoms with Crippen LogP contribution in [-0.2, 0) is 6.42 Å². The minimum atomic E-state index is -0.250. The molecule has 0 fully saturated rings. The van der Waals surface area contributed by atoms with E-state index >= 15 is 0 Å². The Labute approximate surface area is 158 Å². The number of ether oxygens (including phenoxy) is 1. The summed E-state index contributed by atoms with van der Waals surface area (Å²) in [6.45, 7) is 4.32. The SMILES string of the molecule is COc1ccc(CCNC(=O)Nc2cccc(-c3nc(C)c(C)o3)c2)cc1. The maximum Gasteiger partial charge on any atom is 0.319 e. The number of hydrogen-bond acceptors (Lipinski definition) is 4. The molecule has 27 heavy (non-hydrogen) atoms. The van der Waals surface area contributed by atoms with Gasteiger partial charge in [0.15, 0.2) is 0 Å². The van der Waals surface area contributed by atoms with E-state index in [0.29, 0.717) is 18.1 Å². The molecule has 0 saturated carbocycles. The fourth-order valence-electron chi connectivity index (χ4n) is 2.61. The first kappa shape index (κ1) is 18.5. The van der Waals surface area contributed by atoms with Crippen molar-refractivity contribution in [2.45, 2.75) is 20.3 Å². The van der Waals surface area contributed by atoms with Crippen LogP contribution in [0.5, 0.6) is 5.75 Å². The lowest BCUT2D eigenvalue weighted by atomic mass is 10.1. The highest BCUT2D eigenvalue weighted by atomic mass is 16.5. The number of aromatic nitrogens is 1. The van der Waals surface area contributed by atoms with E-state index in [1.54, 1.807) is 7.11 Å². The van der Waals surface area contributed by atoms with Crippen LogP contribution < -0.4 is 15.4 Å². The van der Waals surface area contributed by atoms with Crippen molar-refractivity contribution in [3.05, 3.63) is 65.5 Å². The molecule has 0 aliphatic carbocycles. The van der Waals surface area contributed by atoms with Crippen molar-refractivity contribution < 1.29 is 13.9 Å². The maximum atomic E-state index is 12.1. The summed E-state index contributed by atoms with van der Waals surface area (Å²) in [5.41, 5.74) is 3.50. The molecule has 1 aromatic heterocycles. The van der Waals surface area contributed by atoms with Gasteiger partial charge in [0.1, 0.15) is 11.5 Å². The van der Waals surface area contributed by atoms with E-state index in [4.69, 9.17) is 9.15 Å². The minimum Gasteiger partial charge on any atom is -0.497 e. The zero-order chi connectivity index (χ0) is 19.2. The molecule has 0 aliphatic heterocycles. The number of amides is 2. The molecule has 3 aromatic rings. The summed E-state index contributed by atoms with van der Waals surface area (Å²) < 4.78 is 10.8. The Balaban J connectivity index is 1.53. The Morgan fingerprint density at radius 1 is 1.15 bits per heavy atom. The molecule has 0 aliphatic rings. The summed E-state index contributed by atoms with van der Waals surface area (Å²) in [5, 5.41) is 5.70. The highest BCUT2D eigenvalue weighted by molar-refractivity contribution is 5.89. The average molecular weight is 365 g/mol. The zero-order valence-corrected chi connectivity index (χ0v) is 15.7. The van der Waals surface area contributed by atoms with Crippen molar-refractivity contribution >= 4 is 11.7 Å². The minimum absolute atomic E-state index is 0.250. The van der Waals surface area contributed by atoms with Gasteiger partial charge in [0.05, 0.1) is 12.8 Å². The Hall–Kier alpha value is -3.28. The molecule has 1 heterocycles. The highest BCUT2D eigenvalue weighted by Crippen LogP contribution is 2.24. The van der Waals surface area contributed by atoms with Crippen LogP contribution in [-0.4, -0.2) is 24.7 Å². The quantitative estimate of drug-likeness (QED) is 0.682. The van der Waals surface area contributed by atoms with Gasteiger partial charge in [0, 0.05) is 17.8 Å². The molecule has 6 heteroatoms. The van der Waals surface area contributed by atoms with Gasteiger partial charge in [-0.25, -0.2) is 9.78 Å². The summed E-state index contributed by atoms with van der Waals surface area (Å²) in [4.78, 5) is 16.5. The van der Waals surface area contributed by atoms with Gasteiger partial charge in [-0.15, -0.1) is 0 Å². The highest BCUT2D eigenvalue weighted by Gasteiger charge is 2.09. The molecule has 3 rings (SSSR count). The summed E-state index contributed by atoms with van der Waals surface area (Å²) in [6, 6.07) is 15.0. The fourth-order valence-corrected chi connectivity index (χ4v) is 2.61. The van der Waals surface area contributed by atoms with Crippen LogP contribution in [0.15, 0.2) is 52.9 Å². The summed E-state index contributed by atoms with van der Waals surface area (Å²) in [7, 11) is 1.64. The second kappa shape index (κ2) is 8.40. The monoisotopic (exact) mass is 365 g/mol. The normalized spacial score (nSPS) is 10.5. The largest absolute Gasteiger partial charge is 0.497 e. The molecule has 140 valence electrons. The van der Waals surface area contributed by atoms with Crippen molar-refractivity contribution in [3.8, 4) is 17.2 Å². The van der Waals surface area contributed by atoms with E-state index in [1.165, 1.54) is 0 Å².